The van der Waals surface area contributed by atoms with Crippen LogP contribution < -0.4 is 5.73 Å². The van der Waals surface area contributed by atoms with Crippen LogP contribution in [-0.2, 0) is 20.7 Å². The van der Waals surface area contributed by atoms with Crippen molar-refractivity contribution in [3.8, 4) is 11.1 Å². The van der Waals surface area contributed by atoms with Crippen molar-refractivity contribution in [3.05, 3.63) is 95.1 Å². The van der Waals surface area contributed by atoms with Crippen LogP contribution >= 0.6 is 0 Å². The van der Waals surface area contributed by atoms with Crippen LogP contribution in [0.5, 0.6) is 0 Å². The predicted octanol–water partition coefficient (Wildman–Crippen LogP) is 3.89. The minimum atomic E-state index is -1.69. The van der Waals surface area contributed by atoms with Crippen molar-refractivity contribution >= 4 is 11.9 Å². The van der Waals surface area contributed by atoms with Gasteiger partial charge in [-0.15, -0.1) is 0 Å². The first-order valence-electron chi connectivity index (χ1n) is 10.1. The molecule has 0 fully saturated rings. The number of benzene rings is 3. The van der Waals surface area contributed by atoms with Gasteiger partial charge in [0, 0.05) is 18.0 Å². The summed E-state index contributed by atoms with van der Waals surface area (Å²) in [4.78, 5) is 24.5. The van der Waals surface area contributed by atoms with E-state index in [1.54, 1.807) is 0 Å². The second-order valence-electron chi connectivity index (χ2n) is 7.78. The molecule has 0 radical (unpaired) electrons. The van der Waals surface area contributed by atoms with Crippen LogP contribution in [-0.4, -0.2) is 29.7 Å². The molecule has 0 spiro atoms. The summed E-state index contributed by atoms with van der Waals surface area (Å²) < 4.78 is 32.5. The van der Waals surface area contributed by atoms with Gasteiger partial charge < -0.3 is 15.6 Å². The van der Waals surface area contributed by atoms with Crippen molar-refractivity contribution in [2.45, 2.75) is 18.4 Å². The lowest BCUT2D eigenvalue weighted by atomic mass is 9.93. The first kappa shape index (κ1) is 21.6. The van der Waals surface area contributed by atoms with E-state index in [-0.39, 0.29) is 24.5 Å². The van der Waals surface area contributed by atoms with Crippen LogP contribution in [0.3, 0.4) is 0 Å². The summed E-state index contributed by atoms with van der Waals surface area (Å²) >= 11 is 0. The Labute approximate surface area is 183 Å². The molecule has 0 saturated carbocycles. The van der Waals surface area contributed by atoms with Crippen molar-refractivity contribution in [2.24, 2.45) is 11.7 Å². The molecule has 1 aliphatic rings. The average molecular weight is 437 g/mol. The molecule has 1 unspecified atom stereocenters. The number of halogens is 2. The van der Waals surface area contributed by atoms with E-state index in [9.17, 15) is 23.5 Å². The Morgan fingerprint density at radius 3 is 2.12 bits per heavy atom. The number of ether oxygens (including phenoxy) is 1. The lowest BCUT2D eigenvalue weighted by Crippen LogP contribution is -2.43. The fraction of sp³-hybridized carbons (Fsp3) is 0.200. The van der Waals surface area contributed by atoms with E-state index in [1.165, 1.54) is 6.07 Å². The van der Waals surface area contributed by atoms with Gasteiger partial charge in [-0.1, -0.05) is 54.6 Å². The average Bonchev–Trinajstić information content (AvgIpc) is 3.08. The highest BCUT2D eigenvalue weighted by Gasteiger charge is 2.36. The Balaban J connectivity index is 1.50. The lowest BCUT2D eigenvalue weighted by Gasteiger charge is -2.21. The SMILES string of the molecule is NC(Cc1ccc(F)cc1F)[C@@H](C(=O)O)C(=O)OCC1c2ccccc2-c2ccccc21. The van der Waals surface area contributed by atoms with Gasteiger partial charge in [0.1, 0.15) is 18.2 Å². The van der Waals surface area contributed by atoms with Crippen molar-refractivity contribution in [1.29, 1.82) is 0 Å². The number of nitrogens with two attached hydrogens (primary N) is 1. The maximum atomic E-state index is 14.0. The molecule has 4 rings (SSSR count). The number of carbonyl (C=O) groups is 2. The van der Waals surface area contributed by atoms with Crippen molar-refractivity contribution in [3.63, 3.8) is 0 Å². The van der Waals surface area contributed by atoms with Gasteiger partial charge in [-0.05, 0) is 40.3 Å². The number of rotatable bonds is 7. The number of carboxylic acids is 1. The molecule has 3 aromatic rings. The quantitative estimate of drug-likeness (QED) is 0.432. The first-order valence-corrected chi connectivity index (χ1v) is 10.1. The monoisotopic (exact) mass is 437 g/mol. The second-order valence-corrected chi connectivity index (χ2v) is 7.78. The third-order valence-corrected chi connectivity index (χ3v) is 5.77. The highest BCUT2D eigenvalue weighted by Crippen LogP contribution is 2.44. The molecule has 0 aliphatic heterocycles. The molecule has 0 bridgehead atoms. The van der Waals surface area contributed by atoms with Crippen LogP contribution in [0.4, 0.5) is 8.78 Å². The number of esters is 1. The minimum Gasteiger partial charge on any atom is -0.481 e. The maximum absolute atomic E-state index is 14.0. The molecule has 3 N–H and O–H groups in total. The van der Waals surface area contributed by atoms with Crippen molar-refractivity contribution in [1.82, 2.24) is 0 Å². The summed E-state index contributed by atoms with van der Waals surface area (Å²) in [5.74, 6) is -5.98. The molecule has 32 heavy (non-hydrogen) atoms. The summed E-state index contributed by atoms with van der Waals surface area (Å²) in [6.07, 6.45) is -0.257. The third-order valence-electron chi connectivity index (χ3n) is 5.77. The second kappa shape index (κ2) is 8.88. The number of hydrogen-bond acceptors (Lipinski definition) is 4. The summed E-state index contributed by atoms with van der Waals surface area (Å²) in [5.41, 5.74) is 10.0. The topological polar surface area (TPSA) is 89.6 Å². The molecule has 0 heterocycles. The molecule has 7 heteroatoms. The number of aliphatic carboxylic acids is 1. The van der Waals surface area contributed by atoms with Gasteiger partial charge in [-0.2, -0.15) is 0 Å². The van der Waals surface area contributed by atoms with E-state index in [1.807, 2.05) is 48.5 Å². The molecule has 0 amide bonds. The number of fused-ring (bicyclic) bond motifs is 3. The molecule has 2 atom stereocenters. The summed E-state index contributed by atoms with van der Waals surface area (Å²) in [7, 11) is 0. The Morgan fingerprint density at radius 2 is 1.56 bits per heavy atom. The van der Waals surface area contributed by atoms with E-state index < -0.39 is 35.5 Å². The third kappa shape index (κ3) is 4.11. The van der Waals surface area contributed by atoms with Gasteiger partial charge in [-0.3, -0.25) is 9.59 Å². The van der Waals surface area contributed by atoms with E-state index in [0.717, 1.165) is 28.3 Å². The molecular formula is C25H21F2NO4. The fourth-order valence-electron chi connectivity index (χ4n) is 4.21. The molecule has 0 saturated heterocycles. The van der Waals surface area contributed by atoms with Gasteiger partial charge in [0.2, 0.25) is 0 Å². The smallest absolute Gasteiger partial charge is 0.321 e. The number of carbonyl (C=O) groups excluding carboxylic acids is 1. The zero-order chi connectivity index (χ0) is 22.8. The zero-order valence-electron chi connectivity index (χ0n) is 17.0. The normalized spacial score (nSPS) is 14.3. The number of carboxylic acid groups (broad SMARTS) is 1. The molecule has 164 valence electrons. The first-order chi connectivity index (χ1) is 15.4. The molecular weight excluding hydrogens is 416 g/mol. The Kier molecular flexibility index (Phi) is 6.01. The van der Waals surface area contributed by atoms with E-state index in [4.69, 9.17) is 10.5 Å². The van der Waals surface area contributed by atoms with E-state index >= 15 is 0 Å². The highest BCUT2D eigenvalue weighted by molar-refractivity contribution is 5.95. The van der Waals surface area contributed by atoms with Crippen LogP contribution in [0.25, 0.3) is 11.1 Å². The van der Waals surface area contributed by atoms with E-state index in [0.29, 0.717) is 6.07 Å². The Hall–Kier alpha value is -3.58. The summed E-state index contributed by atoms with van der Waals surface area (Å²) in [6.45, 7) is -0.0474. The van der Waals surface area contributed by atoms with Gasteiger partial charge in [0.05, 0.1) is 0 Å². The van der Waals surface area contributed by atoms with Gasteiger partial charge in [0.15, 0.2) is 5.92 Å². The summed E-state index contributed by atoms with van der Waals surface area (Å²) in [5, 5.41) is 9.58. The maximum Gasteiger partial charge on any atom is 0.321 e. The Morgan fingerprint density at radius 1 is 0.969 bits per heavy atom. The van der Waals surface area contributed by atoms with Crippen LogP contribution in [0.15, 0.2) is 66.7 Å². The fourth-order valence-corrected chi connectivity index (χ4v) is 4.21. The zero-order valence-corrected chi connectivity index (χ0v) is 17.0. The van der Waals surface area contributed by atoms with Gasteiger partial charge in [0.25, 0.3) is 0 Å². The highest BCUT2D eigenvalue weighted by atomic mass is 19.1. The van der Waals surface area contributed by atoms with Crippen LogP contribution in [0, 0.1) is 17.6 Å². The predicted molar refractivity (Wildman–Crippen MR) is 114 cm³/mol. The van der Waals surface area contributed by atoms with Gasteiger partial charge in [-0.25, -0.2) is 8.78 Å². The largest absolute Gasteiger partial charge is 0.481 e. The minimum absolute atomic E-state index is 0.0246. The molecule has 5 nitrogen and oxygen atoms in total. The molecule has 0 aromatic heterocycles. The van der Waals surface area contributed by atoms with Crippen LogP contribution in [0.1, 0.15) is 22.6 Å². The van der Waals surface area contributed by atoms with Crippen molar-refractivity contribution in [2.75, 3.05) is 6.61 Å². The van der Waals surface area contributed by atoms with E-state index in [2.05, 4.69) is 0 Å². The standard InChI is InChI=1S/C25H21F2NO4/c26-15-10-9-14(21(27)12-15)11-22(28)23(24(29)30)25(31)32-13-20-18-7-3-1-5-16(18)17-6-2-4-8-19(17)20/h1-10,12,20,22-23H,11,13,28H2,(H,29,30)/t22?,23-/m0/s1. The lowest BCUT2D eigenvalue weighted by molar-refractivity contribution is -0.159. The van der Waals surface area contributed by atoms with Gasteiger partial charge >= 0.3 is 11.9 Å². The summed E-state index contributed by atoms with van der Waals surface area (Å²) in [6, 6.07) is 17.2. The number of hydrogen-bond donors (Lipinski definition) is 2. The molecule has 3 aromatic carbocycles. The Bertz CT molecular complexity index is 1130. The van der Waals surface area contributed by atoms with Crippen LogP contribution in [0.2, 0.25) is 0 Å². The molecule has 1 aliphatic carbocycles. The van der Waals surface area contributed by atoms with Crippen molar-refractivity contribution < 1.29 is 28.2 Å².